The lowest BCUT2D eigenvalue weighted by Gasteiger charge is -1.99. The molecule has 0 fully saturated rings. The predicted molar refractivity (Wildman–Crippen MR) is 55.6 cm³/mol. The van der Waals surface area contributed by atoms with Crippen molar-refractivity contribution in [2.45, 2.75) is 19.9 Å². The zero-order valence-corrected chi connectivity index (χ0v) is 8.54. The fourth-order valence-electron chi connectivity index (χ4n) is 1.18. The molecule has 4 heteroatoms. The van der Waals surface area contributed by atoms with E-state index in [-0.39, 0.29) is 5.76 Å². The molecule has 0 unspecified atom stereocenters. The summed E-state index contributed by atoms with van der Waals surface area (Å²) in [6.07, 6.45) is 5.75. The first-order valence-electron chi connectivity index (χ1n) is 4.62. The lowest BCUT2D eigenvalue weighted by Crippen LogP contribution is -2.14. The van der Waals surface area contributed by atoms with Gasteiger partial charge < -0.3 is 14.8 Å². The number of nitrogens with one attached hydrogen (secondary N) is 1. The van der Waals surface area contributed by atoms with Crippen LogP contribution in [0.1, 0.15) is 28.3 Å². The molecular formula is C11H13NO3. The van der Waals surface area contributed by atoms with Crippen LogP contribution in [0.25, 0.3) is 0 Å². The van der Waals surface area contributed by atoms with Crippen LogP contribution in [-0.4, -0.2) is 17.6 Å². The number of aromatic carboxylic acids is 1. The van der Waals surface area contributed by atoms with E-state index in [0.29, 0.717) is 25.3 Å². The Kier molecular flexibility index (Phi) is 3.95. The molecule has 2 N–H and O–H groups in total. The molecule has 15 heavy (non-hydrogen) atoms. The molecule has 0 atom stereocenters. The standard InChI is InChI=1S/C11H13NO3/c1-3-4-5-12-7-9-6-10(11(13)14)15-8(9)2/h1,6,12H,4-5,7H2,2H3,(H,13,14). The second-order valence-electron chi connectivity index (χ2n) is 3.13. The summed E-state index contributed by atoms with van der Waals surface area (Å²) in [5, 5.41) is 11.8. The minimum Gasteiger partial charge on any atom is -0.475 e. The van der Waals surface area contributed by atoms with Crippen molar-refractivity contribution in [2.75, 3.05) is 6.54 Å². The van der Waals surface area contributed by atoms with E-state index in [9.17, 15) is 4.79 Å². The lowest BCUT2D eigenvalue weighted by molar-refractivity contribution is 0.0661. The number of carboxylic acid groups (broad SMARTS) is 1. The maximum atomic E-state index is 10.6. The molecule has 0 radical (unpaired) electrons. The number of hydrogen-bond acceptors (Lipinski definition) is 3. The molecule has 0 aromatic carbocycles. The van der Waals surface area contributed by atoms with E-state index >= 15 is 0 Å². The van der Waals surface area contributed by atoms with Crippen LogP contribution in [0.3, 0.4) is 0 Å². The first kappa shape index (κ1) is 11.3. The Morgan fingerprint density at radius 3 is 3.00 bits per heavy atom. The van der Waals surface area contributed by atoms with Gasteiger partial charge in [0, 0.05) is 25.1 Å². The second-order valence-corrected chi connectivity index (χ2v) is 3.13. The highest BCUT2D eigenvalue weighted by Gasteiger charge is 2.12. The van der Waals surface area contributed by atoms with Crippen LogP contribution in [0.2, 0.25) is 0 Å². The van der Waals surface area contributed by atoms with Crippen molar-refractivity contribution >= 4 is 5.97 Å². The predicted octanol–water partition coefficient (Wildman–Crippen LogP) is 1.40. The number of furan rings is 1. The molecule has 0 spiro atoms. The van der Waals surface area contributed by atoms with E-state index in [1.54, 1.807) is 6.92 Å². The van der Waals surface area contributed by atoms with Crippen molar-refractivity contribution in [3.8, 4) is 12.3 Å². The van der Waals surface area contributed by atoms with E-state index in [1.807, 2.05) is 0 Å². The highest BCUT2D eigenvalue weighted by Crippen LogP contribution is 2.14. The highest BCUT2D eigenvalue weighted by atomic mass is 16.4. The normalized spacial score (nSPS) is 9.87. The molecule has 1 aromatic rings. The Balaban J connectivity index is 2.54. The van der Waals surface area contributed by atoms with Gasteiger partial charge in [0.05, 0.1) is 0 Å². The van der Waals surface area contributed by atoms with Crippen molar-refractivity contribution in [2.24, 2.45) is 0 Å². The van der Waals surface area contributed by atoms with E-state index in [4.69, 9.17) is 15.9 Å². The Labute approximate surface area is 88.3 Å². The average molecular weight is 207 g/mol. The van der Waals surface area contributed by atoms with Crippen LogP contribution in [0.4, 0.5) is 0 Å². The van der Waals surface area contributed by atoms with Crippen LogP contribution in [0.5, 0.6) is 0 Å². The van der Waals surface area contributed by atoms with Crippen LogP contribution < -0.4 is 5.32 Å². The van der Waals surface area contributed by atoms with E-state index < -0.39 is 5.97 Å². The van der Waals surface area contributed by atoms with Crippen LogP contribution in [0.15, 0.2) is 10.5 Å². The van der Waals surface area contributed by atoms with Crippen LogP contribution in [0, 0.1) is 19.3 Å². The number of carbonyl (C=O) groups is 1. The lowest BCUT2D eigenvalue weighted by atomic mass is 10.2. The molecule has 1 heterocycles. The topological polar surface area (TPSA) is 62.5 Å². The molecule has 0 aliphatic carbocycles. The van der Waals surface area contributed by atoms with E-state index in [1.165, 1.54) is 6.07 Å². The summed E-state index contributed by atoms with van der Waals surface area (Å²) < 4.78 is 5.05. The smallest absolute Gasteiger partial charge is 0.371 e. The fraction of sp³-hybridized carbons (Fsp3) is 0.364. The Morgan fingerprint density at radius 1 is 1.73 bits per heavy atom. The zero-order valence-electron chi connectivity index (χ0n) is 8.54. The summed E-state index contributed by atoms with van der Waals surface area (Å²) in [6, 6.07) is 1.53. The molecule has 0 amide bonds. The molecule has 4 nitrogen and oxygen atoms in total. The zero-order chi connectivity index (χ0) is 11.3. The molecule has 1 aromatic heterocycles. The third kappa shape index (κ3) is 3.15. The summed E-state index contributed by atoms with van der Waals surface area (Å²) in [5.74, 6) is 2.06. The van der Waals surface area contributed by atoms with Crippen molar-refractivity contribution in [3.05, 3.63) is 23.2 Å². The van der Waals surface area contributed by atoms with Crippen molar-refractivity contribution < 1.29 is 14.3 Å². The minimum absolute atomic E-state index is 0.0266. The van der Waals surface area contributed by atoms with Gasteiger partial charge in [0.1, 0.15) is 5.76 Å². The van der Waals surface area contributed by atoms with Gasteiger partial charge in [0.2, 0.25) is 5.76 Å². The van der Waals surface area contributed by atoms with Gasteiger partial charge in [-0.3, -0.25) is 0 Å². The molecule has 1 rings (SSSR count). The molecule has 80 valence electrons. The van der Waals surface area contributed by atoms with Gasteiger partial charge >= 0.3 is 5.97 Å². The monoisotopic (exact) mass is 207 g/mol. The van der Waals surface area contributed by atoms with Gasteiger partial charge in [0.25, 0.3) is 0 Å². The molecule has 0 aliphatic rings. The number of hydrogen-bond donors (Lipinski definition) is 2. The van der Waals surface area contributed by atoms with E-state index in [0.717, 1.165) is 5.56 Å². The van der Waals surface area contributed by atoms with Crippen LogP contribution >= 0.6 is 0 Å². The summed E-state index contributed by atoms with van der Waals surface area (Å²) in [4.78, 5) is 10.6. The first-order valence-corrected chi connectivity index (χ1v) is 4.62. The number of terminal acetylenes is 1. The third-order valence-electron chi connectivity index (χ3n) is 1.99. The van der Waals surface area contributed by atoms with Gasteiger partial charge in [-0.05, 0) is 13.0 Å². The molecule has 0 bridgehead atoms. The van der Waals surface area contributed by atoms with Gasteiger partial charge in [-0.15, -0.1) is 12.3 Å². The maximum absolute atomic E-state index is 10.6. The Morgan fingerprint density at radius 2 is 2.47 bits per heavy atom. The van der Waals surface area contributed by atoms with Crippen LogP contribution in [-0.2, 0) is 6.54 Å². The van der Waals surface area contributed by atoms with Crippen molar-refractivity contribution in [3.63, 3.8) is 0 Å². The largest absolute Gasteiger partial charge is 0.475 e. The van der Waals surface area contributed by atoms with Crippen molar-refractivity contribution in [1.82, 2.24) is 5.32 Å². The molecule has 0 saturated carbocycles. The van der Waals surface area contributed by atoms with Crippen molar-refractivity contribution in [1.29, 1.82) is 0 Å². The summed E-state index contributed by atoms with van der Waals surface area (Å²) in [7, 11) is 0. The second kappa shape index (κ2) is 5.23. The molecular weight excluding hydrogens is 194 g/mol. The number of carboxylic acids is 1. The first-order chi connectivity index (χ1) is 7.15. The number of aryl methyl sites for hydroxylation is 1. The maximum Gasteiger partial charge on any atom is 0.371 e. The summed E-state index contributed by atoms with van der Waals surface area (Å²) >= 11 is 0. The Hall–Kier alpha value is -1.73. The van der Waals surface area contributed by atoms with Gasteiger partial charge in [-0.25, -0.2) is 4.79 Å². The number of rotatable bonds is 5. The Bertz CT molecular complexity index is 387. The average Bonchev–Trinajstić information content (AvgIpc) is 2.55. The van der Waals surface area contributed by atoms with Gasteiger partial charge in [-0.1, -0.05) is 0 Å². The summed E-state index contributed by atoms with van der Waals surface area (Å²) in [5.41, 5.74) is 0.851. The fourth-order valence-corrected chi connectivity index (χ4v) is 1.18. The van der Waals surface area contributed by atoms with Gasteiger partial charge in [0.15, 0.2) is 0 Å². The minimum atomic E-state index is -1.05. The third-order valence-corrected chi connectivity index (χ3v) is 1.99. The summed E-state index contributed by atoms with van der Waals surface area (Å²) in [6.45, 7) is 3.03. The molecule has 0 saturated heterocycles. The quantitative estimate of drug-likeness (QED) is 0.566. The van der Waals surface area contributed by atoms with Gasteiger partial charge in [-0.2, -0.15) is 0 Å². The van der Waals surface area contributed by atoms with E-state index in [2.05, 4.69) is 11.2 Å². The highest BCUT2D eigenvalue weighted by molar-refractivity contribution is 5.84. The SMILES string of the molecule is C#CCCNCc1cc(C(=O)O)oc1C. The molecule has 0 aliphatic heterocycles.